The molecular weight excluding hydrogens is 242 g/mol. The Morgan fingerprint density at radius 2 is 1.60 bits per heavy atom. The van der Waals surface area contributed by atoms with Gasteiger partial charge in [0.15, 0.2) is 0 Å². The van der Waals surface area contributed by atoms with Crippen LogP contribution in [0.25, 0.3) is 0 Å². The van der Waals surface area contributed by atoms with Crippen LogP contribution in [0.4, 0.5) is 0 Å². The molecule has 1 aliphatic carbocycles. The van der Waals surface area contributed by atoms with Crippen molar-refractivity contribution in [1.82, 2.24) is 0 Å². The summed E-state index contributed by atoms with van der Waals surface area (Å²) in [6.07, 6.45) is 4.17. The zero-order chi connectivity index (χ0) is 14.2. The molecule has 0 fully saturated rings. The minimum Gasteiger partial charge on any atom is -0.324 e. The van der Waals surface area contributed by atoms with Gasteiger partial charge in [0.05, 0.1) is 0 Å². The summed E-state index contributed by atoms with van der Waals surface area (Å²) < 4.78 is 0. The predicted molar refractivity (Wildman–Crippen MR) is 85.0 cm³/mol. The number of rotatable bonds is 2. The number of nitrogens with two attached hydrogens (primary N) is 1. The SMILES string of the molecule is Cc1cccc(C)c1CC1(N)CCc2ccccc2C1. The van der Waals surface area contributed by atoms with Crippen LogP contribution in [0.15, 0.2) is 42.5 Å². The minimum atomic E-state index is -0.0920. The van der Waals surface area contributed by atoms with Gasteiger partial charge in [-0.25, -0.2) is 0 Å². The minimum absolute atomic E-state index is 0.0920. The van der Waals surface area contributed by atoms with E-state index in [-0.39, 0.29) is 5.54 Å². The molecule has 0 amide bonds. The van der Waals surface area contributed by atoms with Gasteiger partial charge in [-0.3, -0.25) is 0 Å². The summed E-state index contributed by atoms with van der Waals surface area (Å²) in [5.74, 6) is 0. The highest BCUT2D eigenvalue weighted by molar-refractivity contribution is 5.38. The molecule has 1 nitrogen and oxygen atoms in total. The molecule has 0 bridgehead atoms. The van der Waals surface area contributed by atoms with E-state index in [9.17, 15) is 0 Å². The van der Waals surface area contributed by atoms with Gasteiger partial charge in [-0.2, -0.15) is 0 Å². The van der Waals surface area contributed by atoms with Crippen molar-refractivity contribution in [3.63, 3.8) is 0 Å². The molecule has 2 aromatic carbocycles. The van der Waals surface area contributed by atoms with E-state index >= 15 is 0 Å². The van der Waals surface area contributed by atoms with E-state index in [1.54, 1.807) is 0 Å². The van der Waals surface area contributed by atoms with Crippen molar-refractivity contribution in [2.45, 2.75) is 45.1 Å². The van der Waals surface area contributed by atoms with Gasteiger partial charge in [0, 0.05) is 5.54 Å². The van der Waals surface area contributed by atoms with Crippen LogP contribution in [0.5, 0.6) is 0 Å². The first-order valence-electron chi connectivity index (χ1n) is 7.48. The highest BCUT2D eigenvalue weighted by atomic mass is 14.7. The maximum Gasteiger partial charge on any atom is 0.0239 e. The molecule has 2 aromatic rings. The lowest BCUT2D eigenvalue weighted by molar-refractivity contribution is 0.368. The standard InChI is InChI=1S/C19H23N/c1-14-6-5-7-15(2)18(14)13-19(20)11-10-16-8-3-4-9-17(16)12-19/h3-9H,10-13,20H2,1-2H3. The molecule has 3 rings (SSSR count). The van der Waals surface area contributed by atoms with E-state index in [4.69, 9.17) is 5.73 Å². The van der Waals surface area contributed by atoms with Crippen LogP contribution in [-0.4, -0.2) is 5.54 Å². The van der Waals surface area contributed by atoms with Gasteiger partial charge in [0.2, 0.25) is 0 Å². The van der Waals surface area contributed by atoms with Crippen LogP contribution < -0.4 is 5.73 Å². The van der Waals surface area contributed by atoms with Gasteiger partial charge in [-0.05, 0) is 67.3 Å². The molecule has 1 unspecified atom stereocenters. The Hall–Kier alpha value is -1.60. The van der Waals surface area contributed by atoms with Gasteiger partial charge >= 0.3 is 0 Å². The maximum atomic E-state index is 6.74. The molecule has 0 aliphatic heterocycles. The summed E-state index contributed by atoms with van der Waals surface area (Å²) >= 11 is 0. The Kier molecular flexibility index (Phi) is 3.39. The average Bonchev–Trinajstić information content (AvgIpc) is 2.43. The fraction of sp³-hybridized carbons (Fsp3) is 0.368. The van der Waals surface area contributed by atoms with Gasteiger partial charge < -0.3 is 5.73 Å². The van der Waals surface area contributed by atoms with E-state index in [0.29, 0.717) is 0 Å². The molecule has 0 spiro atoms. The molecule has 2 N–H and O–H groups in total. The van der Waals surface area contributed by atoms with Crippen molar-refractivity contribution >= 4 is 0 Å². The van der Waals surface area contributed by atoms with Gasteiger partial charge in [0.1, 0.15) is 0 Å². The fourth-order valence-corrected chi connectivity index (χ4v) is 3.46. The second-order valence-electron chi connectivity index (χ2n) is 6.35. The first-order valence-corrected chi connectivity index (χ1v) is 7.48. The highest BCUT2D eigenvalue weighted by Gasteiger charge is 2.31. The lowest BCUT2D eigenvalue weighted by Gasteiger charge is -2.36. The van der Waals surface area contributed by atoms with Gasteiger partial charge in [-0.15, -0.1) is 0 Å². The number of hydrogen-bond donors (Lipinski definition) is 1. The van der Waals surface area contributed by atoms with Crippen LogP contribution >= 0.6 is 0 Å². The van der Waals surface area contributed by atoms with Crippen molar-refractivity contribution in [1.29, 1.82) is 0 Å². The smallest absolute Gasteiger partial charge is 0.0239 e. The predicted octanol–water partition coefficient (Wildman–Crippen LogP) is 3.73. The molecule has 1 aliphatic rings. The molecule has 1 atom stereocenters. The van der Waals surface area contributed by atoms with E-state index in [2.05, 4.69) is 56.3 Å². The normalized spacial score (nSPS) is 21.6. The Labute approximate surface area is 121 Å². The maximum absolute atomic E-state index is 6.74. The van der Waals surface area contributed by atoms with Crippen LogP contribution in [0.1, 0.15) is 34.2 Å². The largest absolute Gasteiger partial charge is 0.324 e. The number of aryl methyl sites for hydroxylation is 3. The molecule has 0 radical (unpaired) electrons. The van der Waals surface area contributed by atoms with Crippen LogP contribution in [-0.2, 0) is 19.3 Å². The fourth-order valence-electron chi connectivity index (χ4n) is 3.46. The Morgan fingerprint density at radius 3 is 2.30 bits per heavy atom. The summed E-state index contributed by atoms with van der Waals surface area (Å²) in [4.78, 5) is 0. The van der Waals surface area contributed by atoms with Gasteiger partial charge in [-0.1, -0.05) is 42.5 Å². The highest BCUT2D eigenvalue weighted by Crippen LogP contribution is 2.31. The van der Waals surface area contributed by atoms with Crippen molar-refractivity contribution in [2.75, 3.05) is 0 Å². The quantitative estimate of drug-likeness (QED) is 0.879. The van der Waals surface area contributed by atoms with E-state index < -0.39 is 0 Å². The molecule has 0 saturated heterocycles. The lowest BCUT2D eigenvalue weighted by Crippen LogP contribution is -2.47. The molecule has 20 heavy (non-hydrogen) atoms. The van der Waals surface area contributed by atoms with Crippen molar-refractivity contribution in [3.8, 4) is 0 Å². The molecule has 0 heterocycles. The second kappa shape index (κ2) is 5.06. The first-order chi connectivity index (χ1) is 9.57. The van der Waals surface area contributed by atoms with Crippen molar-refractivity contribution < 1.29 is 0 Å². The first kappa shape index (κ1) is 13.4. The number of fused-ring (bicyclic) bond motifs is 1. The van der Waals surface area contributed by atoms with Crippen LogP contribution in [0.3, 0.4) is 0 Å². The molecule has 1 heteroatoms. The van der Waals surface area contributed by atoms with Gasteiger partial charge in [0.25, 0.3) is 0 Å². The van der Waals surface area contributed by atoms with E-state index in [1.165, 1.54) is 27.8 Å². The third kappa shape index (κ3) is 2.51. The molecule has 0 saturated carbocycles. The Bertz CT molecular complexity index is 609. The monoisotopic (exact) mass is 265 g/mol. The summed E-state index contributed by atoms with van der Waals surface area (Å²) in [5.41, 5.74) is 13.7. The summed E-state index contributed by atoms with van der Waals surface area (Å²) in [6, 6.07) is 15.3. The third-order valence-corrected chi connectivity index (χ3v) is 4.73. The van der Waals surface area contributed by atoms with E-state index in [0.717, 1.165) is 25.7 Å². The topological polar surface area (TPSA) is 26.0 Å². The summed E-state index contributed by atoms with van der Waals surface area (Å²) in [6.45, 7) is 4.39. The second-order valence-corrected chi connectivity index (χ2v) is 6.35. The lowest BCUT2D eigenvalue weighted by atomic mass is 9.74. The summed E-state index contributed by atoms with van der Waals surface area (Å²) in [5, 5.41) is 0. The zero-order valence-electron chi connectivity index (χ0n) is 12.4. The number of benzene rings is 2. The molecular formula is C19H23N. The average molecular weight is 265 g/mol. The van der Waals surface area contributed by atoms with Crippen molar-refractivity contribution in [2.24, 2.45) is 5.73 Å². The molecule has 104 valence electrons. The third-order valence-electron chi connectivity index (χ3n) is 4.73. The Balaban J connectivity index is 1.88. The van der Waals surface area contributed by atoms with Crippen LogP contribution in [0, 0.1) is 13.8 Å². The van der Waals surface area contributed by atoms with E-state index in [1.807, 2.05) is 0 Å². The number of hydrogen-bond acceptors (Lipinski definition) is 1. The summed E-state index contributed by atoms with van der Waals surface area (Å²) in [7, 11) is 0. The zero-order valence-corrected chi connectivity index (χ0v) is 12.4. The van der Waals surface area contributed by atoms with Crippen molar-refractivity contribution in [3.05, 3.63) is 70.3 Å². The van der Waals surface area contributed by atoms with Crippen LogP contribution in [0.2, 0.25) is 0 Å². The molecule has 0 aromatic heterocycles. The Morgan fingerprint density at radius 1 is 0.950 bits per heavy atom.